The number of phenols is 1. The predicted molar refractivity (Wildman–Crippen MR) is 61.7 cm³/mol. The van der Waals surface area contributed by atoms with Crippen molar-refractivity contribution in [3.05, 3.63) is 17.6 Å². The Morgan fingerprint density at radius 1 is 1.47 bits per heavy atom. The van der Waals surface area contributed by atoms with E-state index in [9.17, 15) is 5.11 Å². The smallest absolute Gasteiger partial charge is 0.138 e. The highest BCUT2D eigenvalue weighted by molar-refractivity contribution is 7.17. The highest BCUT2D eigenvalue weighted by atomic mass is 32.1. The fourth-order valence-electron chi connectivity index (χ4n) is 1.34. The Balaban J connectivity index is 2.21. The summed E-state index contributed by atoms with van der Waals surface area (Å²) in [6.45, 7) is 2.80. The van der Waals surface area contributed by atoms with Crippen molar-refractivity contribution in [2.75, 3.05) is 6.61 Å². The molecule has 0 aliphatic carbocycles. The molecule has 4 heteroatoms. The molecule has 0 bridgehead atoms. The molecule has 0 unspecified atom stereocenters. The Kier molecular flexibility index (Phi) is 3.06. The summed E-state index contributed by atoms with van der Waals surface area (Å²) in [7, 11) is 0. The number of unbranched alkanes of at least 4 members (excludes halogenated alkanes) is 1. The Hall–Kier alpha value is -1.29. The van der Waals surface area contributed by atoms with Gasteiger partial charge in [0.25, 0.3) is 0 Å². The number of phenolic OH excluding ortho intramolecular Hbond substituents is 1. The molecule has 2 rings (SSSR count). The summed E-state index contributed by atoms with van der Waals surface area (Å²) in [5.41, 5.74) is 2.52. The second-order valence-electron chi connectivity index (χ2n) is 3.35. The summed E-state index contributed by atoms with van der Waals surface area (Å²) in [5.74, 6) is 0.945. The second-order valence-corrected chi connectivity index (χ2v) is 4.20. The van der Waals surface area contributed by atoms with Gasteiger partial charge in [-0.2, -0.15) is 0 Å². The summed E-state index contributed by atoms with van der Waals surface area (Å²) in [4.78, 5) is 4.15. The van der Waals surface area contributed by atoms with E-state index in [2.05, 4.69) is 11.9 Å². The lowest BCUT2D eigenvalue weighted by Gasteiger charge is -2.05. The van der Waals surface area contributed by atoms with E-state index in [0.717, 1.165) is 23.1 Å². The van der Waals surface area contributed by atoms with Crippen LogP contribution in [0, 0.1) is 0 Å². The van der Waals surface area contributed by atoms with Gasteiger partial charge in [0, 0.05) is 12.1 Å². The number of thiazole rings is 1. The lowest BCUT2D eigenvalue weighted by Crippen LogP contribution is -1.95. The van der Waals surface area contributed by atoms with Gasteiger partial charge in [0.2, 0.25) is 0 Å². The molecule has 0 spiro atoms. The fourth-order valence-corrected chi connectivity index (χ4v) is 2.03. The van der Waals surface area contributed by atoms with E-state index in [4.69, 9.17) is 4.74 Å². The van der Waals surface area contributed by atoms with Crippen molar-refractivity contribution in [1.82, 2.24) is 4.98 Å². The minimum Gasteiger partial charge on any atom is -0.506 e. The van der Waals surface area contributed by atoms with E-state index in [0.29, 0.717) is 12.4 Å². The number of benzene rings is 1. The normalized spacial score (nSPS) is 10.7. The first kappa shape index (κ1) is 10.2. The van der Waals surface area contributed by atoms with Gasteiger partial charge in [0.05, 0.1) is 22.3 Å². The lowest BCUT2D eigenvalue weighted by atomic mass is 10.3. The molecular formula is C11H13NO2S. The van der Waals surface area contributed by atoms with Crippen LogP contribution in [0.3, 0.4) is 0 Å². The molecule has 0 aliphatic rings. The van der Waals surface area contributed by atoms with Crippen LogP contribution in [-0.2, 0) is 0 Å². The molecule has 0 amide bonds. The van der Waals surface area contributed by atoms with Gasteiger partial charge in [-0.25, -0.2) is 4.98 Å². The predicted octanol–water partition coefficient (Wildman–Crippen LogP) is 3.18. The number of hydrogen-bond donors (Lipinski definition) is 1. The van der Waals surface area contributed by atoms with E-state index in [1.807, 2.05) is 6.07 Å². The van der Waals surface area contributed by atoms with Gasteiger partial charge in [0.1, 0.15) is 11.5 Å². The monoisotopic (exact) mass is 223 g/mol. The fraction of sp³-hybridized carbons (Fsp3) is 0.364. The highest BCUT2D eigenvalue weighted by Gasteiger charge is 2.05. The maximum atomic E-state index is 9.69. The quantitative estimate of drug-likeness (QED) is 0.809. The first-order chi connectivity index (χ1) is 7.31. The largest absolute Gasteiger partial charge is 0.506 e. The van der Waals surface area contributed by atoms with E-state index in [-0.39, 0.29) is 5.75 Å². The molecule has 15 heavy (non-hydrogen) atoms. The van der Waals surface area contributed by atoms with Crippen LogP contribution in [0.15, 0.2) is 17.6 Å². The van der Waals surface area contributed by atoms with Gasteiger partial charge in [-0.15, -0.1) is 11.3 Å². The molecule has 0 saturated carbocycles. The van der Waals surface area contributed by atoms with Gasteiger partial charge in [-0.3, -0.25) is 0 Å². The molecule has 1 aromatic carbocycles. The number of ether oxygens (including phenoxy) is 1. The number of rotatable bonds is 4. The molecule has 1 N–H and O–H groups in total. The topological polar surface area (TPSA) is 42.4 Å². The average molecular weight is 223 g/mol. The molecule has 0 atom stereocenters. The van der Waals surface area contributed by atoms with Crippen LogP contribution >= 0.6 is 11.3 Å². The Morgan fingerprint density at radius 3 is 3.13 bits per heavy atom. The third kappa shape index (κ3) is 2.21. The summed E-state index contributed by atoms with van der Waals surface area (Å²) in [5, 5.41) is 9.69. The first-order valence-corrected chi connectivity index (χ1v) is 5.88. The van der Waals surface area contributed by atoms with Gasteiger partial charge < -0.3 is 9.84 Å². The summed E-state index contributed by atoms with van der Waals surface area (Å²) in [6.07, 6.45) is 2.13. The highest BCUT2D eigenvalue weighted by Crippen LogP contribution is 2.32. The molecule has 3 nitrogen and oxygen atoms in total. The van der Waals surface area contributed by atoms with Crippen LogP contribution in [0.1, 0.15) is 19.8 Å². The Labute approximate surface area is 92.3 Å². The maximum absolute atomic E-state index is 9.69. The molecular weight excluding hydrogens is 210 g/mol. The molecule has 0 saturated heterocycles. The van der Waals surface area contributed by atoms with Gasteiger partial charge >= 0.3 is 0 Å². The molecule has 0 aliphatic heterocycles. The maximum Gasteiger partial charge on any atom is 0.138 e. The van der Waals surface area contributed by atoms with Crippen LogP contribution in [0.5, 0.6) is 11.5 Å². The molecule has 0 fully saturated rings. The van der Waals surface area contributed by atoms with E-state index in [1.54, 1.807) is 11.6 Å². The summed E-state index contributed by atoms with van der Waals surface area (Å²) < 4.78 is 6.33. The number of hydrogen-bond acceptors (Lipinski definition) is 4. The van der Waals surface area contributed by atoms with Crippen molar-refractivity contribution in [2.45, 2.75) is 19.8 Å². The van der Waals surface area contributed by atoms with Crippen molar-refractivity contribution in [2.24, 2.45) is 0 Å². The zero-order valence-corrected chi connectivity index (χ0v) is 9.38. The summed E-state index contributed by atoms with van der Waals surface area (Å²) >= 11 is 1.43. The summed E-state index contributed by atoms with van der Waals surface area (Å²) in [6, 6.07) is 3.51. The number of nitrogens with zero attached hydrogens (tertiary/aromatic N) is 1. The number of fused-ring (bicyclic) bond motifs is 1. The zero-order valence-electron chi connectivity index (χ0n) is 8.56. The molecule has 1 heterocycles. The van der Waals surface area contributed by atoms with Crippen LogP contribution < -0.4 is 4.74 Å². The number of aromatic nitrogens is 1. The molecule has 1 aromatic heterocycles. The SMILES string of the molecule is CCCCOc1cc(O)c2scnc2c1. The van der Waals surface area contributed by atoms with E-state index in [1.165, 1.54) is 11.3 Å². The first-order valence-electron chi connectivity index (χ1n) is 5.00. The Bertz CT molecular complexity index is 453. The van der Waals surface area contributed by atoms with Gasteiger partial charge in [0.15, 0.2) is 0 Å². The van der Waals surface area contributed by atoms with Crippen molar-refractivity contribution in [1.29, 1.82) is 0 Å². The zero-order chi connectivity index (χ0) is 10.7. The van der Waals surface area contributed by atoms with Gasteiger partial charge in [-0.05, 0) is 6.42 Å². The second kappa shape index (κ2) is 4.49. The van der Waals surface area contributed by atoms with Crippen molar-refractivity contribution in [3.8, 4) is 11.5 Å². The van der Waals surface area contributed by atoms with Crippen LogP contribution in [-0.4, -0.2) is 16.7 Å². The minimum atomic E-state index is 0.251. The van der Waals surface area contributed by atoms with Gasteiger partial charge in [-0.1, -0.05) is 13.3 Å². The van der Waals surface area contributed by atoms with Crippen LogP contribution in [0.4, 0.5) is 0 Å². The minimum absolute atomic E-state index is 0.251. The van der Waals surface area contributed by atoms with Crippen molar-refractivity contribution < 1.29 is 9.84 Å². The van der Waals surface area contributed by atoms with Crippen LogP contribution in [0.2, 0.25) is 0 Å². The van der Waals surface area contributed by atoms with E-state index < -0.39 is 0 Å². The number of aromatic hydroxyl groups is 1. The van der Waals surface area contributed by atoms with E-state index >= 15 is 0 Å². The molecule has 0 radical (unpaired) electrons. The van der Waals surface area contributed by atoms with Crippen molar-refractivity contribution >= 4 is 21.6 Å². The lowest BCUT2D eigenvalue weighted by molar-refractivity contribution is 0.308. The third-order valence-electron chi connectivity index (χ3n) is 2.15. The Morgan fingerprint density at radius 2 is 2.33 bits per heavy atom. The van der Waals surface area contributed by atoms with Crippen LogP contribution in [0.25, 0.3) is 10.2 Å². The molecule has 80 valence electrons. The molecule has 2 aromatic rings. The van der Waals surface area contributed by atoms with Crippen molar-refractivity contribution in [3.63, 3.8) is 0 Å². The standard InChI is InChI=1S/C11H13NO2S/c1-2-3-4-14-8-5-9-11(10(13)6-8)15-7-12-9/h5-7,13H,2-4H2,1H3. The average Bonchev–Trinajstić information content (AvgIpc) is 2.66. The third-order valence-corrected chi connectivity index (χ3v) is 3.02.